The number of benzene rings is 1. The van der Waals surface area contributed by atoms with Gasteiger partial charge in [-0.25, -0.2) is 10.0 Å². The number of rotatable bonds is 10. The van der Waals surface area contributed by atoms with Crippen molar-refractivity contribution in [2.45, 2.75) is 87.5 Å². The second-order valence-corrected chi connectivity index (χ2v) is 13.6. The summed E-state index contributed by atoms with van der Waals surface area (Å²) < 4.78 is 0. The predicted octanol–water partition coefficient (Wildman–Crippen LogP) is 6.36. The molecule has 10 heteroatoms. The van der Waals surface area contributed by atoms with Crippen molar-refractivity contribution in [1.29, 1.82) is 0 Å². The molecule has 2 aliphatic heterocycles. The highest BCUT2D eigenvalue weighted by Crippen LogP contribution is 2.44. The van der Waals surface area contributed by atoms with E-state index in [4.69, 9.17) is 0 Å². The molecule has 2 N–H and O–H groups in total. The van der Waals surface area contributed by atoms with E-state index in [-0.39, 0.29) is 22.3 Å². The van der Waals surface area contributed by atoms with Crippen LogP contribution in [0.15, 0.2) is 48.6 Å². The van der Waals surface area contributed by atoms with Crippen molar-refractivity contribution < 1.29 is 9.59 Å². The van der Waals surface area contributed by atoms with Crippen molar-refractivity contribution in [3.05, 3.63) is 48.6 Å². The third-order valence-electron chi connectivity index (χ3n) is 6.74. The molecule has 2 saturated heterocycles. The van der Waals surface area contributed by atoms with E-state index in [1.807, 2.05) is 52.0 Å². The average Bonchev–Trinajstić information content (AvgIpc) is 3.23. The Balaban J connectivity index is 1.67. The Labute approximate surface area is 234 Å². The Morgan fingerprint density at radius 2 is 1.21 bits per heavy atom. The van der Waals surface area contributed by atoms with E-state index in [1.54, 1.807) is 33.5 Å². The molecule has 8 nitrogen and oxygen atoms in total. The van der Waals surface area contributed by atoms with Crippen molar-refractivity contribution in [2.75, 3.05) is 10.9 Å². The van der Waals surface area contributed by atoms with Gasteiger partial charge in [0, 0.05) is 10.8 Å². The molecular weight excluding hydrogens is 516 g/mol. The van der Waals surface area contributed by atoms with Gasteiger partial charge < -0.3 is 0 Å². The van der Waals surface area contributed by atoms with Crippen LogP contribution in [-0.2, 0) is 9.59 Å². The van der Waals surface area contributed by atoms with Gasteiger partial charge in [-0.1, -0.05) is 75.3 Å². The number of anilines is 2. The van der Waals surface area contributed by atoms with Crippen LogP contribution in [-0.4, -0.2) is 52.3 Å². The Morgan fingerprint density at radius 3 is 1.58 bits per heavy atom. The summed E-state index contributed by atoms with van der Waals surface area (Å²) in [6, 6.07) is 7.75. The fraction of sp³-hybridized carbons (Fsp3) is 0.500. The first-order chi connectivity index (χ1) is 18.1. The second kappa shape index (κ2) is 11.6. The van der Waals surface area contributed by atoms with Crippen LogP contribution in [0.5, 0.6) is 0 Å². The minimum atomic E-state index is -0.548. The van der Waals surface area contributed by atoms with Gasteiger partial charge in [0.1, 0.15) is 9.74 Å². The van der Waals surface area contributed by atoms with Crippen LogP contribution in [0.25, 0.3) is 10.8 Å². The molecule has 2 amide bonds. The summed E-state index contributed by atoms with van der Waals surface area (Å²) in [5, 5.41) is 13.5. The maximum Gasteiger partial charge on any atom is 0.255 e. The van der Waals surface area contributed by atoms with Crippen molar-refractivity contribution >= 4 is 57.7 Å². The lowest BCUT2D eigenvalue weighted by Gasteiger charge is -2.33. The highest BCUT2D eigenvalue weighted by Gasteiger charge is 2.47. The molecule has 38 heavy (non-hydrogen) atoms. The van der Waals surface area contributed by atoms with Gasteiger partial charge in [-0.05, 0) is 40.5 Å². The topological polar surface area (TPSA) is 90.5 Å². The van der Waals surface area contributed by atoms with Gasteiger partial charge in [-0.3, -0.25) is 20.4 Å². The van der Waals surface area contributed by atoms with Crippen molar-refractivity contribution in [1.82, 2.24) is 20.2 Å². The summed E-state index contributed by atoms with van der Waals surface area (Å²) in [4.78, 5) is 25.2. The van der Waals surface area contributed by atoms with Crippen LogP contribution in [0.3, 0.4) is 0 Å². The van der Waals surface area contributed by atoms with Gasteiger partial charge in [0.25, 0.3) is 11.8 Å². The summed E-state index contributed by atoms with van der Waals surface area (Å²) in [7, 11) is 0. The summed E-state index contributed by atoms with van der Waals surface area (Å²) in [6.07, 6.45) is 12.4. The first-order valence-corrected chi connectivity index (χ1v) is 15.1. The largest absolute Gasteiger partial charge is 0.276 e. The van der Waals surface area contributed by atoms with Gasteiger partial charge >= 0.3 is 0 Å². The zero-order valence-electron chi connectivity index (χ0n) is 23.0. The molecular formula is C28H38N6O2S2. The normalized spacial score (nSPS) is 27.9. The van der Waals surface area contributed by atoms with Crippen LogP contribution in [0.1, 0.15) is 67.2 Å². The Morgan fingerprint density at radius 1 is 0.816 bits per heavy atom. The fourth-order valence-corrected chi connectivity index (χ4v) is 7.38. The highest BCUT2D eigenvalue weighted by atomic mass is 32.2. The monoisotopic (exact) mass is 554 g/mol. The first-order valence-electron chi connectivity index (χ1n) is 13.3. The molecule has 0 radical (unpaired) electrons. The van der Waals surface area contributed by atoms with Crippen LogP contribution in [0, 0.1) is 0 Å². The quantitative estimate of drug-likeness (QED) is 0.328. The lowest BCUT2D eigenvalue weighted by molar-refractivity contribution is -0.130. The predicted molar refractivity (Wildman–Crippen MR) is 159 cm³/mol. The van der Waals surface area contributed by atoms with Crippen LogP contribution >= 0.6 is 23.5 Å². The molecule has 0 aliphatic carbocycles. The lowest BCUT2D eigenvalue weighted by atomic mass is 10.1. The third-order valence-corrected chi connectivity index (χ3v) is 9.44. The number of carbonyl (C=O) groups is 2. The minimum Gasteiger partial charge on any atom is -0.276 e. The molecule has 2 fully saturated rings. The van der Waals surface area contributed by atoms with E-state index < -0.39 is 9.74 Å². The number of nitrogens with one attached hydrogen (secondary N) is 2. The van der Waals surface area contributed by atoms with Crippen LogP contribution in [0.4, 0.5) is 11.6 Å². The van der Waals surface area contributed by atoms with Crippen molar-refractivity contribution in [3.8, 4) is 0 Å². The number of nitrogens with zero attached hydrogens (tertiary/aromatic N) is 4. The Bertz CT molecular complexity index is 1160. The smallest absolute Gasteiger partial charge is 0.255 e. The van der Waals surface area contributed by atoms with E-state index in [1.165, 1.54) is 0 Å². The van der Waals surface area contributed by atoms with Gasteiger partial charge in [0.2, 0.25) is 0 Å². The zero-order valence-corrected chi connectivity index (χ0v) is 24.7. The first kappa shape index (κ1) is 28.3. The number of unbranched alkanes of at least 4 members (excludes halogenated alkanes) is 2. The van der Waals surface area contributed by atoms with Crippen molar-refractivity contribution in [2.24, 2.45) is 0 Å². The molecule has 1 aromatic carbocycles. The molecule has 4 unspecified atom stereocenters. The van der Waals surface area contributed by atoms with E-state index in [0.29, 0.717) is 11.6 Å². The SMILES string of the molecule is CCC/C=C/C1(C)SC(C)C(=O)N1Nc1nnc(NN2C(=O)C(C)SC2(C)/C=C/CCC)c2ccccc12. The summed E-state index contributed by atoms with van der Waals surface area (Å²) in [5.74, 6) is 0.973. The fourth-order valence-electron chi connectivity index (χ4n) is 4.70. The number of carbonyl (C=O) groups excluding carboxylic acids is 2. The zero-order chi connectivity index (χ0) is 27.5. The molecule has 0 spiro atoms. The molecule has 3 heterocycles. The van der Waals surface area contributed by atoms with Gasteiger partial charge in [0.15, 0.2) is 11.6 Å². The van der Waals surface area contributed by atoms with E-state index >= 15 is 0 Å². The van der Waals surface area contributed by atoms with Gasteiger partial charge in [-0.2, -0.15) is 0 Å². The molecule has 0 saturated carbocycles. The molecule has 4 rings (SSSR count). The molecule has 1 aromatic heterocycles. The van der Waals surface area contributed by atoms with E-state index in [2.05, 4.69) is 59.2 Å². The Hall–Kier alpha value is -2.72. The molecule has 4 atom stereocenters. The van der Waals surface area contributed by atoms with Crippen LogP contribution < -0.4 is 10.9 Å². The highest BCUT2D eigenvalue weighted by molar-refractivity contribution is 8.02. The van der Waals surface area contributed by atoms with Crippen molar-refractivity contribution in [3.63, 3.8) is 0 Å². The average molecular weight is 555 g/mol. The minimum absolute atomic E-state index is 0.00459. The summed E-state index contributed by atoms with van der Waals surface area (Å²) in [5.41, 5.74) is 6.57. The number of thioether (sulfide) groups is 2. The molecule has 2 aliphatic rings. The number of hydrogen-bond donors (Lipinski definition) is 2. The van der Waals surface area contributed by atoms with E-state index in [0.717, 1.165) is 36.5 Å². The molecule has 2 aromatic rings. The number of fused-ring (bicyclic) bond motifs is 1. The maximum atomic E-state index is 13.1. The number of allylic oxidation sites excluding steroid dienone is 2. The lowest BCUT2D eigenvalue weighted by Crippen LogP contribution is -2.46. The van der Waals surface area contributed by atoms with Gasteiger partial charge in [0.05, 0.1) is 10.5 Å². The van der Waals surface area contributed by atoms with Crippen LogP contribution in [0.2, 0.25) is 0 Å². The Kier molecular flexibility index (Phi) is 8.62. The third kappa shape index (κ3) is 5.52. The number of hydrazine groups is 2. The summed E-state index contributed by atoms with van der Waals surface area (Å²) in [6.45, 7) is 12.2. The molecule has 204 valence electrons. The van der Waals surface area contributed by atoms with Gasteiger partial charge in [-0.15, -0.1) is 33.7 Å². The molecule has 0 bridgehead atoms. The number of amides is 2. The van der Waals surface area contributed by atoms with E-state index in [9.17, 15) is 9.59 Å². The standard InChI is InChI=1S/C28H38N6O2S2/c1-7-9-13-17-27(5)33(25(35)19(3)37-27)31-23-21-15-11-12-16-22(21)24(30-29-23)32-34-26(36)20(4)38-28(34,6)18-14-10-8-2/h11-20H,7-10H2,1-6H3,(H,29,31)(H,30,32)/b17-13+,18-14+. The summed E-state index contributed by atoms with van der Waals surface area (Å²) >= 11 is 3.21. The maximum absolute atomic E-state index is 13.1. The second-order valence-electron chi connectivity index (χ2n) is 10.0. The number of aromatic nitrogens is 2. The number of hydrogen-bond acceptors (Lipinski definition) is 8.